The van der Waals surface area contributed by atoms with Crippen LogP contribution in [0.5, 0.6) is 86.2 Å². The van der Waals surface area contributed by atoms with Gasteiger partial charge in [-0.3, -0.25) is 9.59 Å². The summed E-state index contributed by atoms with van der Waals surface area (Å²) in [5.41, 5.74) is 18.6. The van der Waals surface area contributed by atoms with E-state index in [1.165, 1.54) is 46.2 Å². The van der Waals surface area contributed by atoms with E-state index >= 15 is 0 Å². The van der Waals surface area contributed by atoms with Gasteiger partial charge in [0.2, 0.25) is 0 Å². The number of amides is 2. The van der Waals surface area contributed by atoms with Gasteiger partial charge in [0.25, 0.3) is 11.8 Å². The normalized spacial score (nSPS) is 16.1. The maximum absolute atomic E-state index is 13.0. The summed E-state index contributed by atoms with van der Waals surface area (Å²) in [6.45, 7) is 2.35. The molecule has 0 saturated heterocycles. The van der Waals surface area contributed by atoms with Gasteiger partial charge in [-0.15, -0.1) is 51.4 Å². The first kappa shape index (κ1) is 89.8. The first-order valence-corrected chi connectivity index (χ1v) is 43.6. The van der Waals surface area contributed by atoms with E-state index in [1.54, 1.807) is 42.5 Å². The standard InChI is InChI=1S/C35H22N2O4.C34H22O3.2C23H18N2O6/c1-3-13-36-25-11-7-5-9-19(25)31-33(36)21-15-27(38)29(40)17-23(21)35(31)24-18-30(41)28(39)16-22(24)34-32(35)20-10-6-8-12-26(20)37(34)14-4-2;1-4-21-6-10-23(11-7-21)27-18-34(29-16-31(35)20(3)14-25(27)29)19-28(24-12-8-22(5-2)9-13-24)26-15-32(36)33(37)17-30(26)34;1-3-5-30-24-17-11-23(15-9-21(28)19(26)7-13(15)17)12-18(25-31-6-4-2)14-8-20(27)22(29)10-16(14)23;1-3-5-24-11-23(15-9-19(28)17(26)7-13(15)21(24)30)12-25(6-4-2)22(31)14-8-18(27)20(29)10-16(14)23/h1-2,5-12,15-18,38-41H,13-14H2;1-2,6-19,35-37H,3H3;2*1-2,7-10,26-29H,5-6,11-12H2/b;;24-17+,25-18+;. The Hall–Kier alpha value is -19.4. The van der Waals surface area contributed by atoms with Crippen LogP contribution in [0.15, 0.2) is 217 Å². The summed E-state index contributed by atoms with van der Waals surface area (Å²) in [6.07, 6.45) is 49.2. The van der Waals surface area contributed by atoms with Crippen LogP contribution >= 0.6 is 0 Å². The number of terminal acetylenes is 8. The van der Waals surface area contributed by atoms with Crippen LogP contribution in [0, 0.1) is 106 Å². The summed E-state index contributed by atoms with van der Waals surface area (Å²) in [6, 6.07) is 55.5. The third-order valence-corrected chi connectivity index (χ3v) is 27.4. The number of hydrogen-bond acceptors (Lipinski definition) is 21. The van der Waals surface area contributed by atoms with E-state index in [1.807, 2.05) is 110 Å². The molecule has 140 heavy (non-hydrogen) atoms. The molecule has 0 radical (unpaired) electrons. The molecule has 14 aromatic rings. The Morgan fingerprint density at radius 3 is 1.01 bits per heavy atom. The largest absolute Gasteiger partial charge is 0.508 e. The van der Waals surface area contributed by atoms with Crippen molar-refractivity contribution in [3.05, 3.63) is 323 Å². The minimum absolute atomic E-state index is 0.0266. The van der Waals surface area contributed by atoms with Crippen LogP contribution in [0.4, 0.5) is 0 Å². The van der Waals surface area contributed by atoms with E-state index in [2.05, 4.69) is 79.0 Å². The van der Waals surface area contributed by atoms with Gasteiger partial charge in [-0.2, -0.15) is 0 Å². The van der Waals surface area contributed by atoms with Crippen molar-refractivity contribution in [2.45, 2.75) is 54.5 Å². The lowest BCUT2D eigenvalue weighted by Gasteiger charge is -2.49. The summed E-state index contributed by atoms with van der Waals surface area (Å²) < 4.78 is 4.13. The molecule has 2 aliphatic heterocycles. The second kappa shape index (κ2) is 33.9. The van der Waals surface area contributed by atoms with E-state index in [0.717, 1.165) is 140 Å². The van der Waals surface area contributed by atoms with Gasteiger partial charge in [-0.25, -0.2) is 0 Å². The van der Waals surface area contributed by atoms with Crippen molar-refractivity contribution >= 4 is 56.2 Å². The number of para-hydroxylation sites is 2. The van der Waals surface area contributed by atoms with Crippen LogP contribution in [0.25, 0.3) is 55.5 Å². The maximum Gasteiger partial charge on any atom is 0.255 e. The summed E-state index contributed by atoms with van der Waals surface area (Å²) in [4.78, 5) is 39.2. The second-order valence-corrected chi connectivity index (χ2v) is 34.9. The van der Waals surface area contributed by atoms with Gasteiger partial charge < -0.3 is 105 Å². The molecular formula is C115H80N6O19. The zero-order valence-electron chi connectivity index (χ0n) is 74.3. The number of oxime groups is 2. The SMILES string of the molecule is C#CCN1CC2(CN(CC#C)C(=O)c3cc(O)c(O)cc32)c2cc(O)c(O)cc2C1=O.C#CCO/N=C1\CC2(C/C(=N\OCC#C)c3cc(O)c(O)cc32)c2cc(O)c(O)cc21.C#CCn1c2c(c3ccccc31)C1(c3cc(O)c(O)cc3-2)c2cc(O)c(O)cc2-c2c1c1ccccc1n2CC#C.C#Cc1ccc(C2=CC3(C=C(c4ccc(C#C)cc4)c4cc(O)c(O)cc43)c3cc(O)c(C)cc32)cc1. The molecule has 1 unspecified atom stereocenters. The number of nitrogens with zero attached hydrogens (tertiary/aromatic N) is 6. The molecule has 0 fully saturated rings. The zero-order valence-corrected chi connectivity index (χ0v) is 74.3. The zero-order chi connectivity index (χ0) is 98.8. The molecule has 25 nitrogen and oxygen atoms in total. The Labute approximate surface area is 801 Å². The fourth-order valence-electron chi connectivity index (χ4n) is 21.6. The van der Waals surface area contributed by atoms with Gasteiger partial charge in [-0.05, 0) is 224 Å². The van der Waals surface area contributed by atoms with Crippen molar-refractivity contribution < 1.29 is 95.9 Å². The first-order chi connectivity index (χ1) is 67.4. The number of aryl methyl sites for hydroxylation is 1. The van der Waals surface area contributed by atoms with E-state index in [4.69, 9.17) is 61.1 Å². The van der Waals surface area contributed by atoms with Crippen molar-refractivity contribution in [2.75, 3.05) is 39.4 Å². The lowest BCUT2D eigenvalue weighted by atomic mass is 9.66. The van der Waals surface area contributed by atoms with E-state index in [-0.39, 0.29) is 127 Å². The van der Waals surface area contributed by atoms with Crippen molar-refractivity contribution in [2.24, 2.45) is 10.3 Å². The molecule has 684 valence electrons. The monoisotopic (exact) mass is 1850 g/mol. The molecule has 0 saturated carbocycles. The summed E-state index contributed by atoms with van der Waals surface area (Å²) in [5.74, 6) is 15.2. The minimum atomic E-state index is -1.13. The van der Waals surface area contributed by atoms with Crippen molar-refractivity contribution in [1.82, 2.24) is 18.9 Å². The highest BCUT2D eigenvalue weighted by atomic mass is 16.6. The smallest absolute Gasteiger partial charge is 0.255 e. The van der Waals surface area contributed by atoms with E-state index < -0.39 is 56.5 Å². The molecule has 6 aliphatic carbocycles. The van der Waals surface area contributed by atoms with Gasteiger partial charge in [-0.1, -0.05) is 130 Å². The Morgan fingerprint density at radius 1 is 0.336 bits per heavy atom. The first-order valence-electron chi connectivity index (χ1n) is 43.6. The van der Waals surface area contributed by atoms with Crippen molar-refractivity contribution in [3.8, 4) is 208 Å². The Balaban J connectivity index is 0.000000120. The summed E-state index contributed by atoms with van der Waals surface area (Å²) in [5, 5.41) is 166. The molecule has 2 aromatic heterocycles. The number of aromatic hydroxyl groups is 15. The summed E-state index contributed by atoms with van der Waals surface area (Å²) >= 11 is 0. The average Bonchev–Trinajstić information content (AvgIpc) is 1.47. The lowest BCUT2D eigenvalue weighted by molar-refractivity contribution is 0.0615. The van der Waals surface area contributed by atoms with Crippen LogP contribution in [0.2, 0.25) is 0 Å². The fraction of sp³-hybridized carbons (Fsp3) is 0.130. The van der Waals surface area contributed by atoms with Crippen molar-refractivity contribution in [1.29, 1.82) is 0 Å². The van der Waals surface area contributed by atoms with E-state index in [9.17, 15) is 86.2 Å². The molecule has 8 aliphatic rings. The molecule has 0 bridgehead atoms. The quantitative estimate of drug-likeness (QED) is 0.0262. The molecular weight excluding hydrogens is 1770 g/mol. The molecule has 25 heteroatoms. The third-order valence-electron chi connectivity index (χ3n) is 27.4. The highest BCUT2D eigenvalue weighted by Crippen LogP contribution is 2.69. The molecule has 4 heterocycles. The number of benzene rings is 12. The van der Waals surface area contributed by atoms with Gasteiger partial charge in [0.05, 0.1) is 65.2 Å². The fourth-order valence-corrected chi connectivity index (χ4v) is 21.6. The Bertz CT molecular complexity index is 7850. The molecule has 22 rings (SSSR count). The van der Waals surface area contributed by atoms with E-state index in [0.29, 0.717) is 57.6 Å². The van der Waals surface area contributed by atoms with Gasteiger partial charge >= 0.3 is 0 Å². The third kappa shape index (κ3) is 13.6. The second-order valence-electron chi connectivity index (χ2n) is 34.9. The highest BCUT2D eigenvalue weighted by Gasteiger charge is 2.59. The van der Waals surface area contributed by atoms with Crippen LogP contribution in [0.1, 0.15) is 139 Å². The number of phenolic OH excluding ortho intramolecular Hbond substituents is 15. The molecule has 12 aromatic carbocycles. The van der Waals surface area contributed by atoms with Crippen LogP contribution in [0.3, 0.4) is 0 Å². The van der Waals surface area contributed by atoms with Gasteiger partial charge in [0.15, 0.2) is 93.7 Å². The maximum atomic E-state index is 13.0. The molecule has 2 amide bonds. The minimum Gasteiger partial charge on any atom is -0.508 e. The number of carbonyl (C=O) groups excluding carboxylic acids is 2. The lowest BCUT2D eigenvalue weighted by Crippen LogP contribution is -2.59. The Kier molecular flexibility index (Phi) is 21.8. The molecule has 1 atom stereocenters. The Morgan fingerprint density at radius 2 is 0.650 bits per heavy atom. The van der Waals surface area contributed by atoms with Crippen molar-refractivity contribution in [3.63, 3.8) is 0 Å². The predicted molar refractivity (Wildman–Crippen MR) is 526 cm³/mol. The van der Waals surface area contributed by atoms with Gasteiger partial charge in [0, 0.05) is 109 Å². The average molecular weight is 1850 g/mol. The summed E-state index contributed by atoms with van der Waals surface area (Å²) in [7, 11) is 0. The number of phenols is 15. The molecule has 15 N–H and O–H groups in total. The highest BCUT2D eigenvalue weighted by molar-refractivity contribution is 6.15. The number of carbonyl (C=O) groups is 2. The molecule has 4 spiro atoms. The van der Waals surface area contributed by atoms with Gasteiger partial charge in [0.1, 0.15) is 5.75 Å². The number of rotatable bonds is 10. The number of fused-ring (bicyclic) bond motifs is 26. The van der Waals surface area contributed by atoms with Crippen LogP contribution in [-0.2, 0) is 44.4 Å². The number of allylic oxidation sites excluding steroid dienone is 2. The van der Waals surface area contributed by atoms with Crippen LogP contribution < -0.4 is 0 Å². The number of hydrogen-bond donors (Lipinski definition) is 15. The van der Waals surface area contributed by atoms with Crippen LogP contribution in [-0.4, -0.2) is 158 Å². The topological polar surface area (TPSA) is 397 Å². The predicted octanol–water partition coefficient (Wildman–Crippen LogP) is 15.6. The number of aromatic nitrogens is 2.